The molecule has 0 aliphatic heterocycles. The van der Waals surface area contributed by atoms with E-state index in [9.17, 15) is 13.6 Å². The highest BCUT2D eigenvalue weighted by Gasteiger charge is 2.30. The van der Waals surface area contributed by atoms with E-state index in [2.05, 4.69) is 0 Å². The van der Waals surface area contributed by atoms with Gasteiger partial charge in [0.1, 0.15) is 6.61 Å². The molecule has 0 saturated heterocycles. The van der Waals surface area contributed by atoms with Gasteiger partial charge in [0.05, 0.1) is 13.1 Å². The van der Waals surface area contributed by atoms with E-state index in [1.54, 1.807) is 24.3 Å². The zero-order chi connectivity index (χ0) is 13.6. The maximum atomic E-state index is 13.0. The van der Waals surface area contributed by atoms with Crippen LogP contribution in [0.25, 0.3) is 0 Å². The average molecular weight is 258 g/mol. The Balaban J connectivity index is 2.41. The summed E-state index contributed by atoms with van der Waals surface area (Å²) in [5, 5.41) is 0. The molecule has 0 aliphatic rings. The normalized spacial score (nSPS) is 11.1. The molecule has 1 rings (SSSR count). The number of carbonyl (C=O) groups is 1. The second kappa shape index (κ2) is 6.30. The molecule has 4 nitrogen and oxygen atoms in total. The molecule has 0 unspecified atom stereocenters. The smallest absolute Gasteiger partial charge is 0.410 e. The summed E-state index contributed by atoms with van der Waals surface area (Å²) in [4.78, 5) is 12.3. The van der Waals surface area contributed by atoms with Gasteiger partial charge in [-0.15, -0.1) is 0 Å². The van der Waals surface area contributed by atoms with Crippen LogP contribution >= 0.6 is 0 Å². The minimum atomic E-state index is -3.10. The number of nitrogens with two attached hydrogens (primary N) is 1. The summed E-state index contributed by atoms with van der Waals surface area (Å²) in [5.41, 5.74) is 5.69. The maximum absolute atomic E-state index is 13.0. The zero-order valence-electron chi connectivity index (χ0n) is 10.1. The molecular formula is C12H16F2N2O2. The number of alkyl halides is 2. The Hall–Kier alpha value is -1.69. The predicted octanol–water partition coefficient (Wildman–Crippen LogP) is 1.85. The van der Waals surface area contributed by atoms with Crippen molar-refractivity contribution in [2.75, 3.05) is 20.1 Å². The highest BCUT2D eigenvalue weighted by molar-refractivity contribution is 5.67. The van der Waals surface area contributed by atoms with Crippen molar-refractivity contribution in [2.45, 2.75) is 12.5 Å². The van der Waals surface area contributed by atoms with Crippen LogP contribution in [0.15, 0.2) is 30.3 Å². The lowest BCUT2D eigenvalue weighted by Gasteiger charge is -2.22. The number of benzene rings is 1. The van der Waals surface area contributed by atoms with Gasteiger partial charge in [-0.2, -0.15) is 0 Å². The van der Waals surface area contributed by atoms with Crippen LogP contribution in [-0.4, -0.2) is 37.1 Å². The highest BCUT2D eigenvalue weighted by Crippen LogP contribution is 2.13. The van der Waals surface area contributed by atoms with Crippen molar-refractivity contribution in [1.29, 1.82) is 0 Å². The van der Waals surface area contributed by atoms with E-state index >= 15 is 0 Å². The monoisotopic (exact) mass is 258 g/mol. The molecule has 0 aliphatic carbocycles. The summed E-state index contributed by atoms with van der Waals surface area (Å²) in [6, 6.07) is 8.99. The molecule has 18 heavy (non-hydrogen) atoms. The molecule has 0 radical (unpaired) electrons. The number of hydrogen-bond donors (Lipinski definition) is 1. The third kappa shape index (κ3) is 4.67. The topological polar surface area (TPSA) is 55.6 Å². The first-order valence-corrected chi connectivity index (χ1v) is 5.44. The van der Waals surface area contributed by atoms with Crippen molar-refractivity contribution in [3.05, 3.63) is 35.9 Å². The molecule has 6 heteroatoms. The first-order valence-electron chi connectivity index (χ1n) is 5.44. The van der Waals surface area contributed by atoms with Crippen LogP contribution in [0.2, 0.25) is 0 Å². The Kier molecular flexibility index (Phi) is 5.03. The van der Waals surface area contributed by atoms with E-state index < -0.39 is 25.1 Å². The quantitative estimate of drug-likeness (QED) is 0.876. The Morgan fingerprint density at radius 1 is 1.39 bits per heavy atom. The third-order valence-corrected chi connectivity index (χ3v) is 2.28. The van der Waals surface area contributed by atoms with Crippen molar-refractivity contribution in [3.63, 3.8) is 0 Å². The van der Waals surface area contributed by atoms with Gasteiger partial charge in [-0.1, -0.05) is 30.3 Å². The number of carbonyl (C=O) groups excluding carboxylic acids is 1. The average Bonchev–Trinajstić information content (AvgIpc) is 2.36. The molecule has 0 bridgehead atoms. The fourth-order valence-electron chi connectivity index (χ4n) is 1.31. The minimum absolute atomic E-state index is 0.0538. The van der Waals surface area contributed by atoms with Gasteiger partial charge in [-0.05, 0) is 5.56 Å². The van der Waals surface area contributed by atoms with Gasteiger partial charge in [0, 0.05) is 7.05 Å². The number of rotatable bonds is 5. The number of amides is 1. The number of halogens is 2. The van der Waals surface area contributed by atoms with Gasteiger partial charge in [-0.3, -0.25) is 0 Å². The number of ether oxygens (including phenoxy) is 1. The SMILES string of the molecule is CN(CC(F)(F)CN)C(=O)OCc1ccccc1. The maximum Gasteiger partial charge on any atom is 0.410 e. The van der Waals surface area contributed by atoms with Gasteiger partial charge in [0.25, 0.3) is 5.92 Å². The summed E-state index contributed by atoms with van der Waals surface area (Å²) in [6.45, 7) is -1.50. The standard InChI is InChI=1S/C12H16F2N2O2/c1-16(9-12(13,14)8-15)11(17)18-7-10-5-3-2-4-6-10/h2-6H,7-9,15H2,1H3. The lowest BCUT2D eigenvalue weighted by atomic mass is 10.2. The molecule has 0 fully saturated rings. The van der Waals surface area contributed by atoms with Crippen molar-refractivity contribution in [1.82, 2.24) is 4.90 Å². The molecule has 0 saturated carbocycles. The van der Waals surface area contributed by atoms with Crippen molar-refractivity contribution < 1.29 is 18.3 Å². The summed E-state index contributed by atoms with van der Waals surface area (Å²) < 4.78 is 30.8. The van der Waals surface area contributed by atoms with Crippen LogP contribution in [0.5, 0.6) is 0 Å². The van der Waals surface area contributed by atoms with E-state index in [-0.39, 0.29) is 6.61 Å². The van der Waals surface area contributed by atoms with Crippen LogP contribution < -0.4 is 5.73 Å². The molecule has 1 aromatic rings. The number of nitrogens with zero attached hydrogens (tertiary/aromatic N) is 1. The van der Waals surface area contributed by atoms with E-state index in [1.807, 2.05) is 6.07 Å². The molecule has 1 aromatic carbocycles. The van der Waals surface area contributed by atoms with E-state index in [0.717, 1.165) is 10.5 Å². The summed E-state index contributed by atoms with van der Waals surface area (Å²) >= 11 is 0. The van der Waals surface area contributed by atoms with Crippen LogP contribution in [0.4, 0.5) is 13.6 Å². The Bertz CT molecular complexity index is 385. The van der Waals surface area contributed by atoms with E-state index in [4.69, 9.17) is 10.5 Å². The fraction of sp³-hybridized carbons (Fsp3) is 0.417. The third-order valence-electron chi connectivity index (χ3n) is 2.28. The zero-order valence-corrected chi connectivity index (χ0v) is 10.1. The van der Waals surface area contributed by atoms with Gasteiger partial charge in [0.15, 0.2) is 0 Å². The summed E-state index contributed by atoms with van der Waals surface area (Å²) in [7, 11) is 1.25. The Labute approximate surface area is 104 Å². The van der Waals surface area contributed by atoms with Gasteiger partial charge < -0.3 is 15.4 Å². The Morgan fingerprint density at radius 3 is 2.56 bits per heavy atom. The number of hydrogen-bond acceptors (Lipinski definition) is 3. The van der Waals surface area contributed by atoms with Crippen LogP contribution in [0, 0.1) is 0 Å². The second-order valence-corrected chi connectivity index (χ2v) is 3.96. The van der Waals surface area contributed by atoms with Crippen molar-refractivity contribution in [2.24, 2.45) is 5.73 Å². The highest BCUT2D eigenvalue weighted by atomic mass is 19.3. The van der Waals surface area contributed by atoms with Crippen molar-refractivity contribution in [3.8, 4) is 0 Å². The van der Waals surface area contributed by atoms with Crippen LogP contribution in [0.3, 0.4) is 0 Å². The van der Waals surface area contributed by atoms with E-state index in [1.165, 1.54) is 7.05 Å². The van der Waals surface area contributed by atoms with Gasteiger partial charge in [-0.25, -0.2) is 13.6 Å². The van der Waals surface area contributed by atoms with Gasteiger partial charge >= 0.3 is 6.09 Å². The van der Waals surface area contributed by atoms with Crippen LogP contribution in [0.1, 0.15) is 5.56 Å². The first-order chi connectivity index (χ1) is 8.44. The second-order valence-electron chi connectivity index (χ2n) is 3.96. The van der Waals surface area contributed by atoms with Crippen LogP contribution in [-0.2, 0) is 11.3 Å². The molecule has 100 valence electrons. The van der Waals surface area contributed by atoms with Crippen molar-refractivity contribution >= 4 is 6.09 Å². The molecular weight excluding hydrogens is 242 g/mol. The molecule has 1 amide bonds. The first kappa shape index (κ1) is 14.4. The molecule has 2 N–H and O–H groups in total. The molecule has 0 spiro atoms. The molecule has 0 aromatic heterocycles. The predicted molar refractivity (Wildman–Crippen MR) is 63.3 cm³/mol. The minimum Gasteiger partial charge on any atom is -0.445 e. The summed E-state index contributed by atoms with van der Waals surface area (Å²) in [5.74, 6) is -3.10. The summed E-state index contributed by atoms with van der Waals surface area (Å²) in [6.07, 6.45) is -0.799. The lowest BCUT2D eigenvalue weighted by molar-refractivity contribution is -0.0184. The largest absolute Gasteiger partial charge is 0.445 e. The van der Waals surface area contributed by atoms with Gasteiger partial charge in [0.2, 0.25) is 0 Å². The Morgan fingerprint density at radius 2 is 2.00 bits per heavy atom. The fourth-order valence-corrected chi connectivity index (χ4v) is 1.31. The van der Waals surface area contributed by atoms with E-state index in [0.29, 0.717) is 0 Å². The molecule has 0 heterocycles. The molecule has 0 atom stereocenters. The lowest BCUT2D eigenvalue weighted by Crippen LogP contribution is -2.42.